The average molecular weight is 580 g/mol. The Hall–Kier alpha value is -3.27. The highest BCUT2D eigenvalue weighted by molar-refractivity contribution is 6.30. The van der Waals surface area contributed by atoms with Crippen LogP contribution in [-0.2, 0) is 28.7 Å². The number of methoxy groups -OCH3 is 2. The van der Waals surface area contributed by atoms with Gasteiger partial charge in [0.2, 0.25) is 0 Å². The molecule has 216 valence electrons. The Labute approximate surface area is 237 Å². The van der Waals surface area contributed by atoms with Crippen LogP contribution in [0, 0.1) is 0 Å². The largest absolute Gasteiger partial charge is 0.496 e. The smallest absolute Gasteiger partial charge is 0.416 e. The van der Waals surface area contributed by atoms with Crippen molar-refractivity contribution in [2.45, 2.75) is 51.7 Å². The topological polar surface area (TPSA) is 68.2 Å². The Morgan fingerprint density at radius 2 is 1.68 bits per heavy atom. The van der Waals surface area contributed by atoms with E-state index in [4.69, 9.17) is 25.8 Å². The van der Waals surface area contributed by atoms with Crippen molar-refractivity contribution in [2.24, 2.45) is 0 Å². The summed E-state index contributed by atoms with van der Waals surface area (Å²) >= 11 is 5.96. The highest BCUT2D eigenvalue weighted by atomic mass is 35.5. The van der Waals surface area contributed by atoms with Crippen molar-refractivity contribution in [1.29, 1.82) is 0 Å². The summed E-state index contributed by atoms with van der Waals surface area (Å²) < 4.78 is 57.6. The van der Waals surface area contributed by atoms with Gasteiger partial charge in [0.05, 0.1) is 26.2 Å². The number of nitrogens with zero attached hydrogens (tertiary/aromatic N) is 1. The lowest BCUT2D eigenvalue weighted by molar-refractivity contribution is -0.140. The molecule has 0 saturated carbocycles. The van der Waals surface area contributed by atoms with E-state index in [1.807, 2.05) is 0 Å². The molecule has 0 bridgehead atoms. The highest BCUT2D eigenvalue weighted by Crippen LogP contribution is 2.38. The Bertz CT molecular complexity index is 1310. The molecular weight excluding hydrogens is 547 g/mol. The minimum absolute atomic E-state index is 0.0144. The number of esters is 1. The van der Waals surface area contributed by atoms with Gasteiger partial charge < -0.3 is 19.3 Å². The molecule has 6 nitrogen and oxygen atoms in total. The molecule has 0 heterocycles. The first-order chi connectivity index (χ1) is 18.8. The average Bonchev–Trinajstić information content (AvgIpc) is 2.91. The minimum Gasteiger partial charge on any atom is -0.496 e. The predicted octanol–water partition coefficient (Wildman–Crippen LogP) is 6.75. The summed E-state index contributed by atoms with van der Waals surface area (Å²) in [5.74, 6) is 0.452. The monoisotopic (exact) mass is 579 g/mol. The molecule has 1 N–H and O–H groups in total. The van der Waals surface area contributed by atoms with Gasteiger partial charge >= 0.3 is 12.1 Å². The van der Waals surface area contributed by atoms with Gasteiger partial charge in [0, 0.05) is 17.1 Å². The molecule has 40 heavy (non-hydrogen) atoms. The molecule has 10 heteroatoms. The molecule has 0 saturated heterocycles. The first-order valence-electron chi connectivity index (χ1n) is 12.6. The summed E-state index contributed by atoms with van der Waals surface area (Å²) in [7, 11) is 2.74. The number of aliphatic hydroxyl groups is 1. The Morgan fingerprint density at radius 3 is 2.25 bits per heavy atom. The van der Waals surface area contributed by atoms with Crippen molar-refractivity contribution in [1.82, 2.24) is 4.90 Å². The van der Waals surface area contributed by atoms with E-state index in [2.05, 4.69) is 0 Å². The van der Waals surface area contributed by atoms with E-state index in [0.717, 1.165) is 12.1 Å². The number of carbonyl (C=O) groups is 1. The van der Waals surface area contributed by atoms with Gasteiger partial charge in [0.1, 0.15) is 23.3 Å². The molecular formula is C30H33ClF3NO5. The van der Waals surface area contributed by atoms with E-state index in [9.17, 15) is 23.1 Å². The van der Waals surface area contributed by atoms with Crippen LogP contribution in [0.4, 0.5) is 13.2 Å². The molecule has 3 rings (SSSR count). The van der Waals surface area contributed by atoms with Gasteiger partial charge in [-0.15, -0.1) is 0 Å². The van der Waals surface area contributed by atoms with Crippen molar-refractivity contribution in [3.8, 4) is 22.6 Å². The van der Waals surface area contributed by atoms with Crippen LogP contribution >= 0.6 is 11.6 Å². The molecule has 1 unspecified atom stereocenters. The van der Waals surface area contributed by atoms with E-state index >= 15 is 0 Å². The van der Waals surface area contributed by atoms with E-state index in [-0.39, 0.29) is 13.0 Å². The Morgan fingerprint density at radius 1 is 1.00 bits per heavy atom. The second kappa shape index (κ2) is 12.9. The number of likely N-dealkylation sites (N-methyl/N-ethyl adjacent to an activating group) is 1. The molecule has 0 aliphatic heterocycles. The zero-order chi connectivity index (χ0) is 29.7. The van der Waals surface area contributed by atoms with Gasteiger partial charge in [0.25, 0.3) is 0 Å². The van der Waals surface area contributed by atoms with Gasteiger partial charge in [-0.2, -0.15) is 13.2 Å². The number of aliphatic hydroxyl groups excluding tert-OH is 1. The molecule has 0 spiro atoms. The zero-order valence-corrected chi connectivity index (χ0v) is 23.8. The number of halogens is 4. The van der Waals surface area contributed by atoms with Gasteiger partial charge in [-0.3, -0.25) is 9.69 Å². The van der Waals surface area contributed by atoms with Crippen molar-refractivity contribution < 1.29 is 37.3 Å². The van der Waals surface area contributed by atoms with Gasteiger partial charge in [-0.1, -0.05) is 30.7 Å². The van der Waals surface area contributed by atoms with Crippen LogP contribution in [0.2, 0.25) is 5.02 Å². The summed E-state index contributed by atoms with van der Waals surface area (Å²) in [6.07, 6.45) is -5.78. The lowest BCUT2D eigenvalue weighted by Crippen LogP contribution is -2.52. The van der Waals surface area contributed by atoms with E-state index in [1.54, 1.807) is 68.1 Å². The lowest BCUT2D eigenvalue weighted by Gasteiger charge is -2.38. The molecule has 0 radical (unpaired) electrons. The number of hydrogen-bond donors (Lipinski definition) is 1. The number of alkyl halides is 3. The summed E-state index contributed by atoms with van der Waals surface area (Å²) in [6, 6.07) is 15.2. The number of ether oxygens (including phenoxy) is 3. The standard InChI is InChI=1S/C30H33ClF3NO5/c1-6-35(28(37)29(2,3)40-23-11-9-22(31)10-12-23)18-20-17-21(30(32,33)34)8-13-24(20)25-15-19(16-27(36)39-5)7-14-26(25)38-4/h7-15,17,28,37H,6,16,18H2,1-5H3. The lowest BCUT2D eigenvalue weighted by atomic mass is 9.93. The molecule has 3 aromatic carbocycles. The fourth-order valence-corrected chi connectivity index (χ4v) is 4.49. The van der Waals surface area contributed by atoms with E-state index in [0.29, 0.717) is 45.3 Å². The minimum atomic E-state index is -4.57. The predicted molar refractivity (Wildman–Crippen MR) is 147 cm³/mol. The quantitative estimate of drug-likeness (QED) is 0.200. The van der Waals surface area contributed by atoms with Crippen LogP contribution in [-0.4, -0.2) is 48.6 Å². The zero-order valence-electron chi connectivity index (χ0n) is 23.0. The number of hydrogen-bond acceptors (Lipinski definition) is 6. The van der Waals surface area contributed by atoms with Crippen LogP contribution in [0.15, 0.2) is 60.7 Å². The van der Waals surface area contributed by atoms with Gasteiger partial charge in [0.15, 0.2) is 0 Å². The summed E-state index contributed by atoms with van der Waals surface area (Å²) in [5, 5.41) is 11.9. The van der Waals surface area contributed by atoms with Crippen LogP contribution in [0.25, 0.3) is 11.1 Å². The molecule has 1 atom stereocenters. The third kappa shape index (κ3) is 7.68. The Kier molecular flexibility index (Phi) is 10.1. The van der Waals surface area contributed by atoms with Gasteiger partial charge in [-0.05, 0) is 85.6 Å². The SMILES string of the molecule is CCN(Cc1cc(C(F)(F)F)ccc1-c1cc(CC(=O)OC)ccc1OC)C(O)C(C)(C)Oc1ccc(Cl)cc1. The molecule has 0 amide bonds. The summed E-state index contributed by atoms with van der Waals surface area (Å²) in [4.78, 5) is 13.5. The van der Waals surface area contributed by atoms with Crippen LogP contribution in [0.5, 0.6) is 11.5 Å². The second-order valence-electron chi connectivity index (χ2n) is 9.75. The summed E-state index contributed by atoms with van der Waals surface area (Å²) in [5.41, 5.74) is -0.0550. The first-order valence-corrected chi connectivity index (χ1v) is 13.0. The van der Waals surface area contributed by atoms with Crippen LogP contribution in [0.1, 0.15) is 37.5 Å². The third-order valence-electron chi connectivity index (χ3n) is 6.50. The fourth-order valence-electron chi connectivity index (χ4n) is 4.37. The molecule has 3 aromatic rings. The number of carbonyl (C=O) groups excluding carboxylic acids is 1. The van der Waals surface area contributed by atoms with Crippen molar-refractivity contribution >= 4 is 17.6 Å². The third-order valence-corrected chi connectivity index (χ3v) is 6.76. The first kappa shape index (κ1) is 31.3. The maximum atomic E-state index is 13.8. The molecule has 0 aliphatic rings. The number of rotatable bonds is 11. The van der Waals surface area contributed by atoms with Gasteiger partial charge in [-0.25, -0.2) is 0 Å². The van der Waals surface area contributed by atoms with Crippen molar-refractivity contribution in [2.75, 3.05) is 20.8 Å². The van der Waals surface area contributed by atoms with Crippen molar-refractivity contribution in [3.63, 3.8) is 0 Å². The van der Waals surface area contributed by atoms with E-state index < -0.39 is 29.5 Å². The van der Waals surface area contributed by atoms with Crippen molar-refractivity contribution in [3.05, 3.63) is 82.4 Å². The molecule has 0 fully saturated rings. The summed E-state index contributed by atoms with van der Waals surface area (Å²) in [6.45, 7) is 5.47. The normalized spacial score (nSPS) is 12.8. The Balaban J connectivity index is 2.04. The maximum Gasteiger partial charge on any atom is 0.416 e. The van der Waals surface area contributed by atoms with Crippen LogP contribution < -0.4 is 9.47 Å². The number of benzene rings is 3. The second-order valence-corrected chi connectivity index (χ2v) is 10.2. The maximum absolute atomic E-state index is 13.8. The van der Waals surface area contributed by atoms with Crippen LogP contribution in [0.3, 0.4) is 0 Å². The molecule has 0 aliphatic carbocycles. The molecule has 0 aromatic heterocycles. The van der Waals surface area contributed by atoms with E-state index in [1.165, 1.54) is 20.3 Å². The highest BCUT2D eigenvalue weighted by Gasteiger charge is 2.36. The fraction of sp³-hybridized carbons (Fsp3) is 0.367.